The maximum Gasteiger partial charge on any atom is 0.326 e. The number of likely N-dealkylation sites (N-methyl/N-ethyl adjacent to an activating group) is 2. The molecule has 0 heterocycles. The number of aliphatic carboxylic acids is 1. The highest BCUT2D eigenvalue weighted by Gasteiger charge is 2.25. The van der Waals surface area contributed by atoms with Crippen molar-refractivity contribution in [3.63, 3.8) is 0 Å². The average Bonchev–Trinajstić information content (AvgIpc) is 2.33. The zero-order valence-corrected chi connectivity index (χ0v) is 10.8. The topological polar surface area (TPSA) is 142 Å². The van der Waals surface area contributed by atoms with Crippen LogP contribution in [0.5, 0.6) is 0 Å². The van der Waals surface area contributed by atoms with E-state index in [4.69, 9.17) is 10.8 Å². The molecule has 0 spiro atoms. The van der Waals surface area contributed by atoms with Crippen LogP contribution in [0.15, 0.2) is 0 Å². The molecule has 9 nitrogen and oxygen atoms in total. The molecule has 0 saturated heterocycles. The normalized spacial score (nSPS) is 11.3. The van der Waals surface area contributed by atoms with Crippen LogP contribution in [-0.4, -0.2) is 60.0 Å². The van der Waals surface area contributed by atoms with Gasteiger partial charge >= 0.3 is 12.0 Å². The summed E-state index contributed by atoms with van der Waals surface area (Å²) in [6, 6.07) is -2.16. The van der Waals surface area contributed by atoms with Crippen LogP contribution in [0.1, 0.15) is 13.3 Å². The van der Waals surface area contributed by atoms with Gasteiger partial charge in [0.1, 0.15) is 12.6 Å². The number of primary amides is 1. The van der Waals surface area contributed by atoms with E-state index in [1.165, 1.54) is 7.05 Å². The second kappa shape index (κ2) is 7.90. The predicted molar refractivity (Wildman–Crippen MR) is 65.1 cm³/mol. The third kappa shape index (κ3) is 6.24. The smallest absolute Gasteiger partial charge is 0.326 e. The Morgan fingerprint density at radius 3 is 2.26 bits per heavy atom. The lowest BCUT2D eigenvalue weighted by atomic mass is 10.2. The Hall–Kier alpha value is -2.32. The van der Waals surface area contributed by atoms with Gasteiger partial charge in [-0.1, -0.05) is 0 Å². The summed E-state index contributed by atoms with van der Waals surface area (Å²) >= 11 is 0. The molecule has 0 aliphatic heterocycles. The Kier molecular flexibility index (Phi) is 6.94. The van der Waals surface area contributed by atoms with Crippen molar-refractivity contribution in [2.24, 2.45) is 5.73 Å². The van der Waals surface area contributed by atoms with E-state index in [9.17, 15) is 19.2 Å². The molecule has 0 aliphatic carbocycles. The van der Waals surface area contributed by atoms with Crippen molar-refractivity contribution in [1.29, 1.82) is 0 Å². The molecule has 0 rings (SSSR count). The summed E-state index contributed by atoms with van der Waals surface area (Å²) in [6.07, 6.45) is -0.515. The number of hydrogen-bond donors (Lipinski definition) is 4. The quantitative estimate of drug-likeness (QED) is 0.428. The van der Waals surface area contributed by atoms with Crippen molar-refractivity contribution in [2.45, 2.75) is 19.4 Å². The van der Waals surface area contributed by atoms with Crippen molar-refractivity contribution in [3.05, 3.63) is 0 Å². The summed E-state index contributed by atoms with van der Waals surface area (Å²) < 4.78 is 0. The second-order valence-corrected chi connectivity index (χ2v) is 3.70. The number of urea groups is 1. The minimum absolute atomic E-state index is 0.207. The maximum absolute atomic E-state index is 11.7. The number of nitrogens with zero attached hydrogens (tertiary/aromatic N) is 1. The zero-order chi connectivity index (χ0) is 15.0. The minimum Gasteiger partial charge on any atom is -0.480 e. The Morgan fingerprint density at radius 2 is 1.89 bits per heavy atom. The number of carbonyl (C=O) groups is 4. The van der Waals surface area contributed by atoms with Gasteiger partial charge < -0.3 is 26.4 Å². The molecule has 0 fully saturated rings. The molecule has 1 atom stereocenters. The minimum atomic E-state index is -1.41. The van der Waals surface area contributed by atoms with Crippen molar-refractivity contribution in [3.8, 4) is 0 Å². The fraction of sp³-hybridized carbons (Fsp3) is 0.600. The fourth-order valence-corrected chi connectivity index (χ4v) is 1.22. The molecule has 1 unspecified atom stereocenters. The summed E-state index contributed by atoms with van der Waals surface area (Å²) in [6.45, 7) is 1.64. The van der Waals surface area contributed by atoms with Crippen molar-refractivity contribution >= 4 is 23.8 Å². The maximum atomic E-state index is 11.7. The van der Waals surface area contributed by atoms with E-state index in [0.717, 1.165) is 4.90 Å². The molecule has 0 saturated carbocycles. The summed E-state index contributed by atoms with van der Waals surface area (Å²) in [5.41, 5.74) is 4.89. The molecular weight excluding hydrogens is 256 g/mol. The summed E-state index contributed by atoms with van der Waals surface area (Å²) in [7, 11) is 1.42. The SMILES string of the molecule is CCN(CC(=O)NC)C(=O)NC(CC(N)=O)C(=O)O. The van der Waals surface area contributed by atoms with Gasteiger partial charge in [-0.25, -0.2) is 9.59 Å². The summed E-state index contributed by atoms with van der Waals surface area (Å²) in [5, 5.41) is 13.3. The molecule has 9 heteroatoms. The van der Waals surface area contributed by atoms with E-state index in [2.05, 4.69) is 10.6 Å². The van der Waals surface area contributed by atoms with Crippen LogP contribution in [-0.2, 0) is 14.4 Å². The highest BCUT2D eigenvalue weighted by atomic mass is 16.4. The highest BCUT2D eigenvalue weighted by Crippen LogP contribution is 1.96. The van der Waals surface area contributed by atoms with Crippen LogP contribution < -0.4 is 16.4 Å². The monoisotopic (exact) mass is 274 g/mol. The van der Waals surface area contributed by atoms with Gasteiger partial charge in [-0.15, -0.1) is 0 Å². The number of carboxylic acids is 1. The Labute approximate surface area is 110 Å². The van der Waals surface area contributed by atoms with Crippen LogP contribution in [0.3, 0.4) is 0 Å². The van der Waals surface area contributed by atoms with Crippen LogP contribution in [0, 0.1) is 0 Å². The number of nitrogens with two attached hydrogens (primary N) is 1. The Balaban J connectivity index is 4.63. The van der Waals surface area contributed by atoms with E-state index in [0.29, 0.717) is 0 Å². The van der Waals surface area contributed by atoms with E-state index >= 15 is 0 Å². The molecule has 0 aliphatic rings. The highest BCUT2D eigenvalue weighted by molar-refractivity contribution is 5.89. The van der Waals surface area contributed by atoms with Gasteiger partial charge in [0.25, 0.3) is 0 Å². The molecule has 19 heavy (non-hydrogen) atoms. The van der Waals surface area contributed by atoms with Crippen LogP contribution in [0.2, 0.25) is 0 Å². The van der Waals surface area contributed by atoms with Crippen molar-refractivity contribution in [1.82, 2.24) is 15.5 Å². The van der Waals surface area contributed by atoms with Crippen LogP contribution in [0.4, 0.5) is 4.79 Å². The third-order valence-corrected chi connectivity index (χ3v) is 2.28. The van der Waals surface area contributed by atoms with E-state index in [1.807, 2.05) is 0 Å². The largest absolute Gasteiger partial charge is 0.480 e. The molecule has 108 valence electrons. The molecule has 0 aromatic rings. The first kappa shape index (κ1) is 16.7. The number of hydrogen-bond acceptors (Lipinski definition) is 4. The Bertz CT molecular complexity index is 371. The molecule has 0 aromatic heterocycles. The van der Waals surface area contributed by atoms with Gasteiger partial charge in [0.2, 0.25) is 11.8 Å². The third-order valence-electron chi connectivity index (χ3n) is 2.28. The number of amides is 4. The van der Waals surface area contributed by atoms with Gasteiger partial charge in [0.15, 0.2) is 0 Å². The second-order valence-electron chi connectivity index (χ2n) is 3.70. The van der Waals surface area contributed by atoms with Gasteiger partial charge in [0.05, 0.1) is 6.42 Å². The molecule has 4 amide bonds. The van der Waals surface area contributed by atoms with Crippen molar-refractivity contribution in [2.75, 3.05) is 20.1 Å². The molecule has 0 bridgehead atoms. The van der Waals surface area contributed by atoms with Crippen LogP contribution in [0.25, 0.3) is 0 Å². The average molecular weight is 274 g/mol. The predicted octanol–water partition coefficient (Wildman–Crippen LogP) is -1.91. The number of nitrogens with one attached hydrogen (secondary N) is 2. The standard InChI is InChI=1S/C10H18N4O5/c1-3-14(5-8(16)12-2)10(19)13-6(9(17)18)4-7(11)15/h6H,3-5H2,1-2H3,(H2,11,15)(H,12,16)(H,13,19)(H,17,18). The lowest BCUT2D eigenvalue weighted by molar-refractivity contribution is -0.140. The lowest BCUT2D eigenvalue weighted by Crippen LogP contribution is -2.51. The molecule has 5 N–H and O–H groups in total. The summed E-state index contributed by atoms with van der Waals surface area (Å²) in [4.78, 5) is 45.5. The molecule has 0 radical (unpaired) electrons. The summed E-state index contributed by atoms with van der Waals surface area (Å²) in [5.74, 6) is -2.61. The van der Waals surface area contributed by atoms with Crippen molar-refractivity contribution < 1.29 is 24.3 Å². The number of carboxylic acid groups (broad SMARTS) is 1. The molecule has 0 aromatic carbocycles. The number of carbonyl (C=O) groups excluding carboxylic acids is 3. The van der Waals surface area contributed by atoms with Gasteiger partial charge in [-0.3, -0.25) is 9.59 Å². The number of rotatable bonds is 7. The van der Waals surface area contributed by atoms with E-state index < -0.39 is 36.3 Å². The van der Waals surface area contributed by atoms with Gasteiger partial charge in [0, 0.05) is 13.6 Å². The van der Waals surface area contributed by atoms with E-state index in [-0.39, 0.29) is 13.1 Å². The van der Waals surface area contributed by atoms with Gasteiger partial charge in [-0.05, 0) is 6.92 Å². The Morgan fingerprint density at radius 1 is 1.32 bits per heavy atom. The first-order valence-corrected chi connectivity index (χ1v) is 5.58. The first-order valence-electron chi connectivity index (χ1n) is 5.58. The fourth-order valence-electron chi connectivity index (χ4n) is 1.22. The lowest BCUT2D eigenvalue weighted by Gasteiger charge is -2.22. The van der Waals surface area contributed by atoms with Gasteiger partial charge in [-0.2, -0.15) is 0 Å². The zero-order valence-electron chi connectivity index (χ0n) is 10.8. The molecular formula is C10H18N4O5. The first-order chi connectivity index (χ1) is 8.81. The van der Waals surface area contributed by atoms with E-state index in [1.54, 1.807) is 6.92 Å². The van der Waals surface area contributed by atoms with Crippen LogP contribution >= 0.6 is 0 Å².